The van der Waals surface area contributed by atoms with Crippen LogP contribution in [0.4, 0.5) is 0 Å². The van der Waals surface area contributed by atoms with Crippen molar-refractivity contribution in [2.75, 3.05) is 19.7 Å². The zero-order chi connectivity index (χ0) is 17.9. The minimum atomic E-state index is -0.606. The van der Waals surface area contributed by atoms with Crippen LogP contribution in [-0.2, 0) is 4.79 Å². The predicted molar refractivity (Wildman–Crippen MR) is 97.3 cm³/mol. The largest absolute Gasteiger partial charge is 0.494 e. The standard InChI is InChI=1S/C20H30N2O3/c1-2-25-17-9-4-3-7-15(17)19-16-8-5-6-11-20(16,24)12-14-22(19)13-10-18(21)23/h3-4,7,9,16,19,24H,2,5-6,8,10-14H2,1H3,(H2,21,23). The van der Waals surface area contributed by atoms with E-state index in [1.807, 2.05) is 25.1 Å². The zero-order valence-electron chi connectivity index (χ0n) is 15.1. The summed E-state index contributed by atoms with van der Waals surface area (Å²) in [5, 5.41) is 11.3. The third-order valence-electron chi connectivity index (χ3n) is 5.85. The van der Waals surface area contributed by atoms with E-state index in [0.29, 0.717) is 19.6 Å². The van der Waals surface area contributed by atoms with Gasteiger partial charge in [0.25, 0.3) is 0 Å². The molecule has 1 aliphatic heterocycles. The van der Waals surface area contributed by atoms with E-state index in [0.717, 1.165) is 50.0 Å². The van der Waals surface area contributed by atoms with E-state index < -0.39 is 5.60 Å². The molecule has 0 bridgehead atoms. The summed E-state index contributed by atoms with van der Waals surface area (Å²) in [7, 11) is 0. The number of carbonyl (C=O) groups excluding carboxylic acids is 1. The molecule has 3 N–H and O–H groups in total. The first-order valence-corrected chi connectivity index (χ1v) is 9.51. The molecule has 1 aromatic carbocycles. The van der Waals surface area contributed by atoms with Crippen molar-refractivity contribution in [3.63, 3.8) is 0 Å². The zero-order valence-corrected chi connectivity index (χ0v) is 15.1. The van der Waals surface area contributed by atoms with E-state index in [-0.39, 0.29) is 17.9 Å². The van der Waals surface area contributed by atoms with Crippen LogP contribution in [0.15, 0.2) is 24.3 Å². The van der Waals surface area contributed by atoms with E-state index in [2.05, 4.69) is 11.0 Å². The molecule has 3 unspecified atom stereocenters. The van der Waals surface area contributed by atoms with E-state index in [1.54, 1.807) is 0 Å². The third-order valence-corrected chi connectivity index (χ3v) is 5.85. The van der Waals surface area contributed by atoms with Crippen molar-refractivity contribution in [3.05, 3.63) is 29.8 Å². The van der Waals surface area contributed by atoms with Gasteiger partial charge < -0.3 is 15.6 Å². The molecular weight excluding hydrogens is 316 g/mol. The second-order valence-electron chi connectivity index (χ2n) is 7.37. The van der Waals surface area contributed by atoms with Gasteiger partial charge in [0.2, 0.25) is 5.91 Å². The lowest BCUT2D eigenvalue weighted by Gasteiger charge is -2.53. The van der Waals surface area contributed by atoms with Crippen LogP contribution in [0.2, 0.25) is 0 Å². The Labute approximate surface area is 150 Å². The average molecular weight is 346 g/mol. The van der Waals surface area contributed by atoms with E-state index in [9.17, 15) is 9.90 Å². The number of amides is 1. The fraction of sp³-hybridized carbons (Fsp3) is 0.650. The van der Waals surface area contributed by atoms with Gasteiger partial charge in [-0.15, -0.1) is 0 Å². The topological polar surface area (TPSA) is 75.8 Å². The van der Waals surface area contributed by atoms with Crippen LogP contribution in [0.1, 0.15) is 57.1 Å². The second-order valence-corrected chi connectivity index (χ2v) is 7.37. The van der Waals surface area contributed by atoms with Crippen molar-refractivity contribution < 1.29 is 14.6 Å². The van der Waals surface area contributed by atoms with Gasteiger partial charge >= 0.3 is 0 Å². The summed E-state index contributed by atoms with van der Waals surface area (Å²) in [5.41, 5.74) is 5.91. The molecule has 1 saturated carbocycles. The highest BCUT2D eigenvalue weighted by molar-refractivity contribution is 5.73. The maximum absolute atomic E-state index is 11.3. The molecule has 3 atom stereocenters. The molecule has 1 aliphatic carbocycles. The number of aliphatic hydroxyl groups is 1. The number of benzene rings is 1. The first kappa shape index (κ1) is 18.2. The Balaban J connectivity index is 1.96. The molecule has 2 fully saturated rings. The van der Waals surface area contributed by atoms with Gasteiger partial charge in [-0.3, -0.25) is 9.69 Å². The third kappa shape index (κ3) is 3.82. The van der Waals surface area contributed by atoms with Gasteiger partial charge in [-0.25, -0.2) is 0 Å². The molecule has 5 heteroatoms. The first-order chi connectivity index (χ1) is 12.0. The number of carbonyl (C=O) groups is 1. The van der Waals surface area contributed by atoms with Crippen LogP contribution in [0.3, 0.4) is 0 Å². The summed E-state index contributed by atoms with van der Waals surface area (Å²) in [6.07, 6.45) is 5.23. The summed E-state index contributed by atoms with van der Waals surface area (Å²) in [6.45, 7) is 4.01. The molecule has 5 nitrogen and oxygen atoms in total. The first-order valence-electron chi connectivity index (χ1n) is 9.51. The molecule has 0 aromatic heterocycles. The van der Waals surface area contributed by atoms with Crippen LogP contribution in [0.25, 0.3) is 0 Å². The smallest absolute Gasteiger partial charge is 0.218 e. The summed E-state index contributed by atoms with van der Waals surface area (Å²) in [4.78, 5) is 13.6. The Morgan fingerprint density at radius 3 is 2.92 bits per heavy atom. The molecule has 1 aromatic rings. The second kappa shape index (κ2) is 7.75. The number of rotatable bonds is 6. The maximum Gasteiger partial charge on any atom is 0.218 e. The number of ether oxygens (including phenoxy) is 1. The van der Waals surface area contributed by atoms with Gasteiger partial charge in [0, 0.05) is 37.0 Å². The Hall–Kier alpha value is -1.59. The number of likely N-dealkylation sites (tertiary alicyclic amines) is 1. The van der Waals surface area contributed by atoms with Crippen LogP contribution in [-0.4, -0.2) is 41.2 Å². The van der Waals surface area contributed by atoms with E-state index >= 15 is 0 Å². The molecule has 1 heterocycles. The highest BCUT2D eigenvalue weighted by Gasteiger charge is 2.49. The SMILES string of the molecule is CCOc1ccccc1C1C2CCCCC2(O)CCN1CCC(N)=O. The summed E-state index contributed by atoms with van der Waals surface area (Å²) >= 11 is 0. The highest BCUT2D eigenvalue weighted by Crippen LogP contribution is 2.50. The Bertz CT molecular complexity index is 606. The number of hydrogen-bond acceptors (Lipinski definition) is 4. The lowest BCUT2D eigenvalue weighted by Crippen LogP contribution is -2.55. The number of para-hydroxylation sites is 1. The Morgan fingerprint density at radius 2 is 2.16 bits per heavy atom. The predicted octanol–water partition coefficient (Wildman–Crippen LogP) is 2.63. The van der Waals surface area contributed by atoms with E-state index in [4.69, 9.17) is 10.5 Å². The molecule has 3 rings (SSSR count). The molecule has 1 amide bonds. The molecule has 2 aliphatic rings. The van der Waals surface area contributed by atoms with Crippen LogP contribution >= 0.6 is 0 Å². The fourth-order valence-corrected chi connectivity index (χ4v) is 4.67. The van der Waals surface area contributed by atoms with Gasteiger partial charge in [0.1, 0.15) is 5.75 Å². The summed E-state index contributed by atoms with van der Waals surface area (Å²) in [6, 6.07) is 8.19. The normalized spacial score (nSPS) is 29.8. The van der Waals surface area contributed by atoms with Crippen molar-refractivity contribution in [1.29, 1.82) is 0 Å². The molecule has 0 radical (unpaired) electrons. The number of primary amides is 1. The monoisotopic (exact) mass is 346 g/mol. The number of piperidine rings is 1. The Kier molecular flexibility index (Phi) is 5.64. The molecule has 138 valence electrons. The number of nitrogens with two attached hydrogens (primary N) is 1. The van der Waals surface area contributed by atoms with Gasteiger partial charge in [-0.1, -0.05) is 31.0 Å². The molecular formula is C20H30N2O3. The minimum absolute atomic E-state index is 0.0705. The van der Waals surface area contributed by atoms with Gasteiger partial charge in [-0.2, -0.15) is 0 Å². The Morgan fingerprint density at radius 1 is 1.36 bits per heavy atom. The van der Waals surface area contributed by atoms with Crippen LogP contribution in [0, 0.1) is 5.92 Å². The lowest BCUT2D eigenvalue weighted by atomic mass is 9.66. The van der Waals surface area contributed by atoms with E-state index in [1.165, 1.54) is 0 Å². The van der Waals surface area contributed by atoms with Gasteiger partial charge in [0.15, 0.2) is 0 Å². The quantitative estimate of drug-likeness (QED) is 0.830. The lowest BCUT2D eigenvalue weighted by molar-refractivity contribution is -0.128. The number of nitrogens with zero attached hydrogens (tertiary/aromatic N) is 1. The van der Waals surface area contributed by atoms with Crippen LogP contribution < -0.4 is 10.5 Å². The number of hydrogen-bond donors (Lipinski definition) is 2. The van der Waals surface area contributed by atoms with Crippen LogP contribution in [0.5, 0.6) is 5.75 Å². The van der Waals surface area contributed by atoms with Crippen molar-refractivity contribution in [1.82, 2.24) is 4.90 Å². The van der Waals surface area contributed by atoms with Crippen molar-refractivity contribution in [2.24, 2.45) is 11.7 Å². The minimum Gasteiger partial charge on any atom is -0.494 e. The van der Waals surface area contributed by atoms with Crippen molar-refractivity contribution >= 4 is 5.91 Å². The highest BCUT2D eigenvalue weighted by atomic mass is 16.5. The molecule has 1 saturated heterocycles. The molecule has 25 heavy (non-hydrogen) atoms. The molecule has 0 spiro atoms. The van der Waals surface area contributed by atoms with Crippen molar-refractivity contribution in [2.45, 2.75) is 57.1 Å². The average Bonchev–Trinajstić information content (AvgIpc) is 2.60. The summed E-state index contributed by atoms with van der Waals surface area (Å²) in [5.74, 6) is 0.778. The van der Waals surface area contributed by atoms with Crippen molar-refractivity contribution in [3.8, 4) is 5.75 Å². The number of fused-ring (bicyclic) bond motifs is 1. The van der Waals surface area contributed by atoms with Gasteiger partial charge in [-0.05, 0) is 32.3 Å². The van der Waals surface area contributed by atoms with Gasteiger partial charge in [0.05, 0.1) is 12.2 Å². The fourth-order valence-electron chi connectivity index (χ4n) is 4.67. The summed E-state index contributed by atoms with van der Waals surface area (Å²) < 4.78 is 5.88. The maximum atomic E-state index is 11.3.